The SMILES string of the molecule is O=C(O)CN(CC(=O)NCCC1=CCCCC1)C1CC1. The van der Waals surface area contributed by atoms with Crippen molar-refractivity contribution in [3.05, 3.63) is 11.6 Å². The van der Waals surface area contributed by atoms with Crippen molar-refractivity contribution in [2.45, 2.75) is 51.0 Å². The van der Waals surface area contributed by atoms with Gasteiger partial charge in [-0.2, -0.15) is 0 Å². The van der Waals surface area contributed by atoms with Crippen molar-refractivity contribution < 1.29 is 14.7 Å². The first kappa shape index (κ1) is 15.0. The minimum atomic E-state index is -0.864. The molecule has 0 aromatic carbocycles. The molecule has 1 saturated carbocycles. The van der Waals surface area contributed by atoms with E-state index in [1.54, 1.807) is 4.90 Å². The monoisotopic (exact) mass is 280 g/mol. The summed E-state index contributed by atoms with van der Waals surface area (Å²) in [7, 11) is 0. The molecule has 20 heavy (non-hydrogen) atoms. The fraction of sp³-hybridized carbons (Fsp3) is 0.733. The Hall–Kier alpha value is -1.36. The molecule has 5 heteroatoms. The van der Waals surface area contributed by atoms with Crippen LogP contribution >= 0.6 is 0 Å². The van der Waals surface area contributed by atoms with Gasteiger partial charge in [0.2, 0.25) is 5.91 Å². The predicted octanol–water partition coefficient (Wildman–Crippen LogP) is 1.54. The molecule has 2 rings (SSSR count). The lowest BCUT2D eigenvalue weighted by Crippen LogP contribution is -2.41. The highest BCUT2D eigenvalue weighted by atomic mass is 16.4. The van der Waals surface area contributed by atoms with Crippen LogP contribution < -0.4 is 5.32 Å². The summed E-state index contributed by atoms with van der Waals surface area (Å²) < 4.78 is 0. The van der Waals surface area contributed by atoms with Gasteiger partial charge in [-0.15, -0.1) is 0 Å². The summed E-state index contributed by atoms with van der Waals surface area (Å²) in [5.41, 5.74) is 1.45. The van der Waals surface area contributed by atoms with Gasteiger partial charge in [-0.3, -0.25) is 14.5 Å². The van der Waals surface area contributed by atoms with Crippen molar-refractivity contribution in [2.75, 3.05) is 19.6 Å². The number of carboxylic acid groups (broad SMARTS) is 1. The minimum absolute atomic E-state index is 0.0385. The van der Waals surface area contributed by atoms with Gasteiger partial charge in [-0.1, -0.05) is 11.6 Å². The van der Waals surface area contributed by atoms with E-state index >= 15 is 0 Å². The van der Waals surface area contributed by atoms with E-state index in [0.717, 1.165) is 32.1 Å². The van der Waals surface area contributed by atoms with Crippen LogP contribution in [0.4, 0.5) is 0 Å². The molecule has 1 fully saturated rings. The van der Waals surface area contributed by atoms with Crippen LogP contribution in [0.2, 0.25) is 0 Å². The number of carboxylic acids is 1. The standard InChI is InChI=1S/C15H24N2O3/c18-14(10-17(11-15(19)20)13-6-7-13)16-9-8-12-4-2-1-3-5-12/h4,13H,1-3,5-11H2,(H,16,18)(H,19,20). The lowest BCUT2D eigenvalue weighted by atomic mass is 9.97. The molecule has 0 aromatic heterocycles. The first-order valence-electron chi connectivity index (χ1n) is 7.55. The molecule has 0 unspecified atom stereocenters. The molecule has 0 saturated heterocycles. The van der Waals surface area contributed by atoms with Crippen LogP contribution in [0.1, 0.15) is 44.9 Å². The Balaban J connectivity index is 1.65. The highest BCUT2D eigenvalue weighted by Gasteiger charge is 2.31. The average Bonchev–Trinajstić information content (AvgIpc) is 3.23. The molecule has 0 radical (unpaired) electrons. The topological polar surface area (TPSA) is 69.6 Å². The highest BCUT2D eigenvalue weighted by Crippen LogP contribution is 2.26. The van der Waals surface area contributed by atoms with Crippen molar-refractivity contribution >= 4 is 11.9 Å². The van der Waals surface area contributed by atoms with Crippen LogP contribution in [0.25, 0.3) is 0 Å². The predicted molar refractivity (Wildman–Crippen MR) is 76.4 cm³/mol. The van der Waals surface area contributed by atoms with Crippen molar-refractivity contribution in [2.24, 2.45) is 0 Å². The largest absolute Gasteiger partial charge is 0.480 e. The van der Waals surface area contributed by atoms with Crippen LogP contribution in [-0.2, 0) is 9.59 Å². The Labute approximate surface area is 120 Å². The molecule has 112 valence electrons. The zero-order valence-corrected chi connectivity index (χ0v) is 11.9. The van der Waals surface area contributed by atoms with Crippen LogP contribution in [0.5, 0.6) is 0 Å². The Bertz CT molecular complexity index is 389. The van der Waals surface area contributed by atoms with Gasteiger partial charge in [0.1, 0.15) is 0 Å². The van der Waals surface area contributed by atoms with Gasteiger partial charge in [0.25, 0.3) is 0 Å². The third-order valence-corrected chi connectivity index (χ3v) is 3.90. The van der Waals surface area contributed by atoms with Gasteiger partial charge >= 0.3 is 5.97 Å². The van der Waals surface area contributed by atoms with Crippen molar-refractivity contribution in [3.8, 4) is 0 Å². The fourth-order valence-corrected chi connectivity index (χ4v) is 2.66. The zero-order valence-electron chi connectivity index (χ0n) is 11.9. The second-order valence-corrected chi connectivity index (χ2v) is 5.74. The smallest absolute Gasteiger partial charge is 0.317 e. The molecule has 0 spiro atoms. The van der Waals surface area contributed by atoms with Crippen LogP contribution in [0.15, 0.2) is 11.6 Å². The number of carbonyl (C=O) groups is 2. The van der Waals surface area contributed by atoms with Gasteiger partial charge in [0.05, 0.1) is 13.1 Å². The lowest BCUT2D eigenvalue weighted by molar-refractivity contribution is -0.138. The summed E-state index contributed by atoms with van der Waals surface area (Å²) in [6.45, 7) is 0.829. The number of hydrogen-bond acceptors (Lipinski definition) is 3. The summed E-state index contributed by atoms with van der Waals surface area (Å²) in [6.07, 6.45) is 10.1. The Morgan fingerprint density at radius 3 is 2.70 bits per heavy atom. The van der Waals surface area contributed by atoms with Crippen molar-refractivity contribution in [3.63, 3.8) is 0 Å². The van der Waals surface area contributed by atoms with Crippen LogP contribution in [-0.4, -0.2) is 47.6 Å². The Morgan fingerprint density at radius 1 is 1.30 bits per heavy atom. The van der Waals surface area contributed by atoms with E-state index in [4.69, 9.17) is 5.11 Å². The first-order valence-corrected chi connectivity index (χ1v) is 7.55. The maximum atomic E-state index is 11.8. The van der Waals surface area contributed by atoms with E-state index < -0.39 is 5.97 Å². The van der Waals surface area contributed by atoms with E-state index in [0.29, 0.717) is 6.54 Å². The summed E-state index contributed by atoms with van der Waals surface area (Å²) in [4.78, 5) is 24.4. The molecular formula is C15H24N2O3. The quantitative estimate of drug-likeness (QED) is 0.662. The number of rotatable bonds is 8. The average molecular weight is 280 g/mol. The molecule has 0 heterocycles. The van der Waals surface area contributed by atoms with Crippen molar-refractivity contribution in [1.29, 1.82) is 0 Å². The third-order valence-electron chi connectivity index (χ3n) is 3.90. The van der Waals surface area contributed by atoms with E-state index in [1.807, 2.05) is 0 Å². The first-order chi connectivity index (χ1) is 9.65. The summed E-state index contributed by atoms with van der Waals surface area (Å²) in [5, 5.41) is 11.7. The van der Waals surface area contributed by atoms with Crippen molar-refractivity contribution in [1.82, 2.24) is 10.2 Å². The van der Waals surface area contributed by atoms with Gasteiger partial charge in [-0.25, -0.2) is 0 Å². The number of nitrogens with one attached hydrogen (secondary N) is 1. The number of allylic oxidation sites excluding steroid dienone is 1. The van der Waals surface area contributed by atoms with Gasteiger partial charge in [0.15, 0.2) is 0 Å². The summed E-state index contributed by atoms with van der Waals surface area (Å²) >= 11 is 0. The molecule has 5 nitrogen and oxygen atoms in total. The number of amides is 1. The second-order valence-electron chi connectivity index (χ2n) is 5.74. The van der Waals surface area contributed by atoms with Gasteiger partial charge in [-0.05, 0) is 44.9 Å². The molecule has 0 aromatic rings. The van der Waals surface area contributed by atoms with Crippen LogP contribution in [0.3, 0.4) is 0 Å². The van der Waals surface area contributed by atoms with E-state index in [1.165, 1.54) is 18.4 Å². The molecule has 2 aliphatic rings. The summed E-state index contributed by atoms with van der Waals surface area (Å²) in [5.74, 6) is -0.924. The number of hydrogen-bond donors (Lipinski definition) is 2. The maximum Gasteiger partial charge on any atom is 0.317 e. The van der Waals surface area contributed by atoms with E-state index in [2.05, 4.69) is 11.4 Å². The number of nitrogens with zero attached hydrogens (tertiary/aromatic N) is 1. The van der Waals surface area contributed by atoms with Gasteiger partial charge < -0.3 is 10.4 Å². The second kappa shape index (κ2) is 7.43. The summed E-state index contributed by atoms with van der Waals surface area (Å²) in [6, 6.07) is 0.290. The Morgan fingerprint density at radius 2 is 2.10 bits per heavy atom. The molecule has 0 aliphatic heterocycles. The third kappa shape index (κ3) is 5.33. The number of aliphatic carboxylic acids is 1. The molecule has 1 amide bonds. The van der Waals surface area contributed by atoms with E-state index in [9.17, 15) is 9.59 Å². The van der Waals surface area contributed by atoms with Gasteiger partial charge in [0, 0.05) is 12.6 Å². The van der Waals surface area contributed by atoms with E-state index in [-0.39, 0.29) is 25.0 Å². The number of carbonyl (C=O) groups excluding carboxylic acids is 1. The lowest BCUT2D eigenvalue weighted by Gasteiger charge is -2.19. The maximum absolute atomic E-state index is 11.8. The fourth-order valence-electron chi connectivity index (χ4n) is 2.66. The minimum Gasteiger partial charge on any atom is -0.480 e. The molecule has 0 bridgehead atoms. The molecule has 2 aliphatic carbocycles. The Kier molecular flexibility index (Phi) is 5.59. The van der Waals surface area contributed by atoms with Crippen LogP contribution in [0, 0.1) is 0 Å². The highest BCUT2D eigenvalue weighted by molar-refractivity contribution is 5.79. The zero-order chi connectivity index (χ0) is 14.4. The normalized spacial score (nSPS) is 18.8. The molecular weight excluding hydrogens is 256 g/mol. The molecule has 2 N–H and O–H groups in total. The molecule has 0 atom stereocenters.